The molecule has 3 atom stereocenters. The van der Waals surface area contributed by atoms with Gasteiger partial charge in [-0.1, -0.05) is 65.3 Å². The van der Waals surface area contributed by atoms with Crippen molar-refractivity contribution in [3.63, 3.8) is 0 Å². The van der Waals surface area contributed by atoms with E-state index in [4.69, 9.17) is 11.6 Å². The quantitative estimate of drug-likeness (QED) is 0.521. The number of aryl methyl sites for hydroxylation is 1. The topological polar surface area (TPSA) is 57.6 Å². The Morgan fingerprint density at radius 2 is 1.97 bits per heavy atom. The number of benzene rings is 1. The first kappa shape index (κ1) is 24.8. The molecule has 2 unspecified atom stereocenters. The molecular weight excluding hydrogens is 422 g/mol. The maximum atomic E-state index is 13.3. The van der Waals surface area contributed by atoms with Crippen LogP contribution in [0.3, 0.4) is 0 Å². The summed E-state index contributed by atoms with van der Waals surface area (Å²) in [4.78, 5) is 26.5. The normalized spacial score (nSPS) is 26.6. The van der Waals surface area contributed by atoms with Crippen LogP contribution in [0.25, 0.3) is 0 Å². The zero-order valence-electron chi connectivity index (χ0n) is 20.4. The number of hydrogen-bond donors (Lipinski definition) is 1. The molecule has 1 amide bonds. The second kappa shape index (κ2) is 9.21. The van der Waals surface area contributed by atoms with Crippen LogP contribution in [0, 0.1) is 17.3 Å². The number of carboxylic acids is 1. The van der Waals surface area contributed by atoms with Crippen molar-refractivity contribution in [3.05, 3.63) is 46.1 Å². The first-order chi connectivity index (χ1) is 14.8. The van der Waals surface area contributed by atoms with Crippen molar-refractivity contribution in [2.45, 2.75) is 91.5 Å². The highest BCUT2D eigenvalue weighted by atomic mass is 35.5. The highest BCUT2D eigenvalue weighted by Crippen LogP contribution is 2.45. The number of halogens is 1. The summed E-state index contributed by atoms with van der Waals surface area (Å²) in [5.74, 6) is -0.778. The summed E-state index contributed by atoms with van der Waals surface area (Å²) in [7, 11) is 0. The molecule has 1 aliphatic carbocycles. The van der Waals surface area contributed by atoms with Crippen LogP contribution in [0.1, 0.15) is 84.8 Å². The SMILES string of the molecule is CC(C)C1=CN(C2CCC(C(=O)O)C2)C(=O)C[C@]1(C)c1ccc(CCC(C)(C)C)c(Cl)c1. The van der Waals surface area contributed by atoms with E-state index in [-0.39, 0.29) is 29.2 Å². The Kier molecular flexibility index (Phi) is 7.14. The van der Waals surface area contributed by atoms with Gasteiger partial charge in [0.15, 0.2) is 0 Å². The van der Waals surface area contributed by atoms with E-state index < -0.39 is 11.4 Å². The van der Waals surface area contributed by atoms with Gasteiger partial charge in [0.25, 0.3) is 0 Å². The molecule has 1 saturated carbocycles. The van der Waals surface area contributed by atoms with E-state index in [1.807, 2.05) is 11.1 Å². The Labute approximate surface area is 198 Å². The lowest BCUT2D eigenvalue weighted by Gasteiger charge is -2.43. The fourth-order valence-electron chi connectivity index (χ4n) is 5.26. The molecule has 1 fully saturated rings. The first-order valence-electron chi connectivity index (χ1n) is 11.9. The molecule has 4 nitrogen and oxygen atoms in total. The maximum absolute atomic E-state index is 13.3. The van der Waals surface area contributed by atoms with E-state index in [0.29, 0.717) is 19.3 Å². The van der Waals surface area contributed by atoms with Gasteiger partial charge in [0.05, 0.1) is 5.92 Å². The lowest BCUT2D eigenvalue weighted by Crippen LogP contribution is -2.45. The molecule has 1 N–H and O–H groups in total. The number of hydrogen-bond acceptors (Lipinski definition) is 2. The van der Waals surface area contributed by atoms with E-state index in [1.165, 1.54) is 5.57 Å². The molecule has 176 valence electrons. The molecule has 1 aromatic rings. The summed E-state index contributed by atoms with van der Waals surface area (Å²) in [5.41, 5.74) is 3.26. The van der Waals surface area contributed by atoms with Gasteiger partial charge in [0, 0.05) is 29.1 Å². The zero-order chi connectivity index (χ0) is 23.8. The van der Waals surface area contributed by atoms with Gasteiger partial charge >= 0.3 is 5.97 Å². The van der Waals surface area contributed by atoms with Gasteiger partial charge in [-0.15, -0.1) is 0 Å². The second-order valence-corrected chi connectivity index (χ2v) is 11.8. The van der Waals surface area contributed by atoms with E-state index in [1.54, 1.807) is 0 Å². The fourth-order valence-corrected chi connectivity index (χ4v) is 5.54. The highest BCUT2D eigenvalue weighted by molar-refractivity contribution is 6.31. The van der Waals surface area contributed by atoms with Gasteiger partial charge in [-0.25, -0.2) is 0 Å². The summed E-state index contributed by atoms with van der Waals surface area (Å²) in [5, 5.41) is 10.1. The Bertz CT molecular complexity index is 914. The second-order valence-electron chi connectivity index (χ2n) is 11.4. The van der Waals surface area contributed by atoms with E-state index in [9.17, 15) is 14.7 Å². The van der Waals surface area contributed by atoms with Crippen LogP contribution in [-0.2, 0) is 21.4 Å². The number of carbonyl (C=O) groups is 2. The third-order valence-corrected chi connectivity index (χ3v) is 7.66. The minimum atomic E-state index is -0.754. The lowest BCUT2D eigenvalue weighted by molar-refractivity contribution is -0.142. The molecule has 1 heterocycles. The Morgan fingerprint density at radius 3 is 2.50 bits per heavy atom. The number of nitrogens with zero attached hydrogens (tertiary/aromatic N) is 1. The molecule has 2 aliphatic rings. The number of aliphatic carboxylic acids is 1. The summed E-state index contributed by atoms with van der Waals surface area (Å²) in [6, 6.07) is 6.29. The number of rotatable bonds is 6. The summed E-state index contributed by atoms with van der Waals surface area (Å²) in [6.45, 7) is 13.2. The van der Waals surface area contributed by atoms with Crippen molar-refractivity contribution in [3.8, 4) is 0 Å². The van der Waals surface area contributed by atoms with Crippen molar-refractivity contribution >= 4 is 23.5 Å². The summed E-state index contributed by atoms with van der Waals surface area (Å²) >= 11 is 6.71. The smallest absolute Gasteiger partial charge is 0.306 e. The third kappa shape index (κ3) is 5.22. The standard InChI is InChI=1S/C27H38ClNO3/c1-17(2)22-16-29(21-10-8-19(13-21)25(31)32)24(30)15-27(22,6)20-9-7-18(23(28)14-20)11-12-26(3,4)5/h7,9,14,16-17,19,21H,8,10-13,15H2,1-6H3,(H,31,32)/t19?,21?,27-/m1/s1. The Balaban J connectivity index is 1.90. The average molecular weight is 460 g/mol. The van der Waals surface area contributed by atoms with Crippen molar-refractivity contribution in [1.29, 1.82) is 0 Å². The number of carbonyl (C=O) groups excluding carboxylic acids is 1. The van der Waals surface area contributed by atoms with E-state index in [0.717, 1.165) is 35.4 Å². The van der Waals surface area contributed by atoms with Gasteiger partial charge in [-0.2, -0.15) is 0 Å². The molecule has 0 aromatic heterocycles. The molecule has 1 aromatic carbocycles. The number of allylic oxidation sites excluding steroid dienone is 1. The highest BCUT2D eigenvalue weighted by Gasteiger charge is 2.44. The minimum Gasteiger partial charge on any atom is -0.481 e. The lowest BCUT2D eigenvalue weighted by atomic mass is 9.68. The van der Waals surface area contributed by atoms with Crippen LogP contribution >= 0.6 is 11.6 Å². The van der Waals surface area contributed by atoms with E-state index >= 15 is 0 Å². The first-order valence-corrected chi connectivity index (χ1v) is 12.2. The van der Waals surface area contributed by atoms with Crippen LogP contribution in [0.5, 0.6) is 0 Å². The van der Waals surface area contributed by atoms with Crippen molar-refractivity contribution in [1.82, 2.24) is 4.90 Å². The molecular formula is C27H38ClNO3. The van der Waals surface area contributed by atoms with Gasteiger partial charge in [0.1, 0.15) is 0 Å². The van der Waals surface area contributed by atoms with Crippen molar-refractivity contribution < 1.29 is 14.7 Å². The summed E-state index contributed by atoms with van der Waals surface area (Å²) in [6.07, 6.45) is 6.31. The molecule has 32 heavy (non-hydrogen) atoms. The molecule has 0 bridgehead atoms. The number of carboxylic acid groups (broad SMARTS) is 1. The Hall–Kier alpha value is -1.81. The van der Waals surface area contributed by atoms with E-state index in [2.05, 4.69) is 59.7 Å². The van der Waals surface area contributed by atoms with Crippen LogP contribution < -0.4 is 0 Å². The fraction of sp³-hybridized carbons (Fsp3) is 0.630. The van der Waals surface area contributed by atoms with Gasteiger partial charge in [-0.05, 0) is 66.2 Å². The van der Waals surface area contributed by atoms with Gasteiger partial charge < -0.3 is 10.0 Å². The molecule has 5 heteroatoms. The predicted molar refractivity (Wildman–Crippen MR) is 130 cm³/mol. The molecule has 0 radical (unpaired) electrons. The zero-order valence-corrected chi connectivity index (χ0v) is 21.1. The van der Waals surface area contributed by atoms with Gasteiger partial charge in [-0.3, -0.25) is 9.59 Å². The van der Waals surface area contributed by atoms with Crippen molar-refractivity contribution in [2.75, 3.05) is 0 Å². The third-order valence-electron chi connectivity index (χ3n) is 7.31. The monoisotopic (exact) mass is 459 g/mol. The maximum Gasteiger partial charge on any atom is 0.306 e. The van der Waals surface area contributed by atoms with Crippen molar-refractivity contribution in [2.24, 2.45) is 17.3 Å². The van der Waals surface area contributed by atoms with Gasteiger partial charge in [0.2, 0.25) is 5.91 Å². The summed E-state index contributed by atoms with van der Waals surface area (Å²) < 4.78 is 0. The predicted octanol–water partition coefficient (Wildman–Crippen LogP) is 6.60. The molecule has 1 aliphatic heterocycles. The van der Waals surface area contributed by atoms with Crippen LogP contribution in [0.15, 0.2) is 30.0 Å². The average Bonchev–Trinajstić information content (AvgIpc) is 3.16. The van der Waals surface area contributed by atoms with Crippen LogP contribution in [0.4, 0.5) is 0 Å². The molecule has 0 spiro atoms. The molecule has 0 saturated heterocycles. The largest absolute Gasteiger partial charge is 0.481 e. The number of amides is 1. The minimum absolute atomic E-state index is 0.0229. The van der Waals surface area contributed by atoms with Crippen LogP contribution in [-0.4, -0.2) is 27.9 Å². The molecule has 3 rings (SSSR count). The van der Waals surface area contributed by atoms with Crippen LogP contribution in [0.2, 0.25) is 5.02 Å². The Morgan fingerprint density at radius 1 is 1.28 bits per heavy atom.